The number of Topliss-reactive ketones (excluding diaryl/α,β-unsaturated/α-hetero) is 2. The summed E-state index contributed by atoms with van der Waals surface area (Å²) in [6, 6.07) is 45.8. The first-order chi connectivity index (χ1) is 38.7. The van der Waals surface area contributed by atoms with Crippen molar-refractivity contribution in [1.82, 2.24) is 0 Å². The van der Waals surface area contributed by atoms with E-state index in [0.717, 1.165) is 28.5 Å². The van der Waals surface area contributed by atoms with Gasteiger partial charge in [0.05, 0.1) is 30.6 Å². The van der Waals surface area contributed by atoms with Gasteiger partial charge in [0.2, 0.25) is 5.41 Å². The fourth-order valence-corrected chi connectivity index (χ4v) is 11.4. The van der Waals surface area contributed by atoms with Crippen molar-refractivity contribution in [2.24, 2.45) is 0 Å². The van der Waals surface area contributed by atoms with E-state index in [-0.39, 0.29) is 57.8 Å². The number of methoxy groups -OCH3 is 1. The average Bonchev–Trinajstić information content (AvgIpc) is 2.55. The van der Waals surface area contributed by atoms with Gasteiger partial charge in [0.1, 0.15) is 28.7 Å². The molecule has 0 aromatic heterocycles. The van der Waals surface area contributed by atoms with Crippen molar-refractivity contribution < 1.29 is 64.5 Å². The van der Waals surface area contributed by atoms with Gasteiger partial charge in [-0.1, -0.05) is 62.4 Å². The second kappa shape index (κ2) is 25.9. The van der Waals surface area contributed by atoms with E-state index in [1.54, 1.807) is 36.4 Å². The van der Waals surface area contributed by atoms with Crippen molar-refractivity contribution >= 4 is 98.5 Å². The molecule has 0 saturated carbocycles. The van der Waals surface area contributed by atoms with Crippen molar-refractivity contribution in [3.05, 3.63) is 232 Å². The van der Waals surface area contributed by atoms with Crippen molar-refractivity contribution in [1.29, 1.82) is 0 Å². The van der Waals surface area contributed by atoms with E-state index in [2.05, 4.69) is 112 Å². The summed E-state index contributed by atoms with van der Waals surface area (Å²) in [7, 11) is 3.10. The molecule has 0 bridgehead atoms. The molecule has 424 valence electrons. The average molecular weight is 1380 g/mol. The Morgan fingerprint density at radius 1 is 0.439 bits per heavy atom. The van der Waals surface area contributed by atoms with E-state index in [9.17, 15) is 45.5 Å². The summed E-state index contributed by atoms with van der Waals surface area (Å²) in [6.45, 7) is 7.21. The number of hydrogen-bond acceptors (Lipinski definition) is 9. The van der Waals surface area contributed by atoms with E-state index in [1.165, 1.54) is 50.8 Å². The molecule has 0 aliphatic carbocycles. The van der Waals surface area contributed by atoms with Crippen LogP contribution < -0.4 is 29.6 Å². The van der Waals surface area contributed by atoms with Gasteiger partial charge in [0.25, 0.3) is 5.91 Å². The first-order valence-electron chi connectivity index (χ1n) is 24.5. The number of benzene rings is 8. The maximum Gasteiger partial charge on any atom is 0.411 e. The highest BCUT2D eigenvalue weighted by molar-refractivity contribution is 9.11. The summed E-state index contributed by atoms with van der Waals surface area (Å²) in [5.41, 5.74) is -1.67. The van der Waals surface area contributed by atoms with Gasteiger partial charge < -0.3 is 29.6 Å². The van der Waals surface area contributed by atoms with Crippen molar-refractivity contribution in [3.63, 3.8) is 0 Å². The summed E-state index contributed by atoms with van der Waals surface area (Å²) >= 11 is 11.9. The topological polar surface area (TPSA) is 129 Å². The van der Waals surface area contributed by atoms with Crippen LogP contribution in [0.5, 0.6) is 34.5 Å². The van der Waals surface area contributed by atoms with Gasteiger partial charge in [0.15, 0.2) is 17.3 Å². The maximum absolute atomic E-state index is 14.7. The maximum atomic E-state index is 14.7. The summed E-state index contributed by atoms with van der Waals surface area (Å²) in [6.07, 6.45) is -11.7. The second-order valence-corrected chi connectivity index (χ2v) is 22.2. The highest BCUT2D eigenvalue weighted by Gasteiger charge is 2.73. The molecule has 0 heterocycles. The van der Waals surface area contributed by atoms with Gasteiger partial charge in [-0.2, -0.15) is 26.3 Å². The van der Waals surface area contributed by atoms with Crippen LogP contribution in [0, 0.1) is 0 Å². The van der Waals surface area contributed by atoms with Crippen molar-refractivity contribution in [2.45, 2.75) is 50.9 Å². The molecule has 2 N–H and O–H groups in total. The van der Waals surface area contributed by atoms with Crippen LogP contribution in [0.25, 0.3) is 0 Å². The Morgan fingerprint density at radius 2 is 0.768 bits per heavy atom. The molecule has 10 nitrogen and oxygen atoms in total. The zero-order chi connectivity index (χ0) is 59.9. The van der Waals surface area contributed by atoms with E-state index < -0.39 is 34.9 Å². The fourth-order valence-electron chi connectivity index (χ4n) is 8.49. The number of halogens is 10. The van der Waals surface area contributed by atoms with Crippen molar-refractivity contribution in [3.8, 4) is 34.5 Å². The molecule has 0 atom stereocenters. The Hall–Kier alpha value is -7.26. The second-order valence-electron chi connectivity index (χ2n) is 18.8. The molecule has 8 aromatic rings. The minimum absolute atomic E-state index is 0.00189. The lowest BCUT2D eigenvalue weighted by atomic mass is 9.73. The van der Waals surface area contributed by atoms with Crippen LogP contribution in [-0.4, -0.2) is 50.0 Å². The lowest BCUT2D eigenvalue weighted by Gasteiger charge is -2.39. The van der Waals surface area contributed by atoms with Crippen LogP contribution in [0.2, 0.25) is 0 Å². The van der Waals surface area contributed by atoms with Gasteiger partial charge in [-0.05, 0) is 221 Å². The molecule has 0 aliphatic heterocycles. The van der Waals surface area contributed by atoms with Gasteiger partial charge in [0, 0.05) is 40.5 Å². The van der Waals surface area contributed by atoms with Gasteiger partial charge in [-0.3, -0.25) is 14.4 Å². The molecule has 0 aliphatic rings. The Balaban J connectivity index is 0.000000237. The van der Waals surface area contributed by atoms with Gasteiger partial charge in [-0.15, -0.1) is 0 Å². The van der Waals surface area contributed by atoms with Crippen LogP contribution in [0.15, 0.2) is 188 Å². The number of carbonyl (C=O) groups is 4. The highest BCUT2D eigenvalue weighted by Crippen LogP contribution is 2.59. The van der Waals surface area contributed by atoms with Gasteiger partial charge in [-0.25, -0.2) is 4.79 Å². The molecule has 0 spiro atoms. The Labute approximate surface area is 502 Å². The quantitative estimate of drug-likeness (QED) is 0.0420. The van der Waals surface area contributed by atoms with E-state index in [1.807, 2.05) is 67.7 Å². The Bertz CT molecular complexity index is 3560. The predicted molar refractivity (Wildman–Crippen MR) is 317 cm³/mol. The molecular formula is C62H48Br4F6N2O8. The molecule has 0 fully saturated rings. The lowest BCUT2D eigenvalue weighted by Crippen LogP contribution is -2.54. The largest absolute Gasteiger partial charge is 0.494 e. The first-order valence-corrected chi connectivity index (χ1v) is 27.7. The third kappa shape index (κ3) is 14.1. The molecule has 8 rings (SSSR count). The van der Waals surface area contributed by atoms with Crippen molar-refractivity contribution in [2.75, 3.05) is 24.8 Å². The zero-order valence-electron chi connectivity index (χ0n) is 44.2. The monoisotopic (exact) mass is 1380 g/mol. The number of alkyl halides is 6. The number of anilines is 2. The number of carbonyl (C=O) groups excluding carboxylic acids is 4. The number of ketones is 2. The third-order valence-corrected chi connectivity index (χ3v) is 15.4. The molecule has 8 aromatic carbocycles. The molecule has 20 heteroatoms. The highest BCUT2D eigenvalue weighted by atomic mass is 79.9. The predicted octanol–water partition coefficient (Wildman–Crippen LogP) is 18.7. The zero-order valence-corrected chi connectivity index (χ0v) is 50.6. The van der Waals surface area contributed by atoms with Crippen LogP contribution >= 0.6 is 63.7 Å². The Morgan fingerprint density at radius 3 is 1.11 bits per heavy atom. The number of rotatable bonds is 16. The standard InChI is InChI=1S/C37H34N2O4.C25H14Br4F6O4/c1-25(40)26-5-7-27(8-6-26)36(41)39-31-15-23-35(24-16-31)43-33-19-11-29(12-20-33)37(2,3)28-9-17-32(18-10-28)42-34-21-13-30(38-4)14-22-34;1-11(36)12-3-5-13(6-4-12)22(37)39-21-18(28)9-15(10-19(21)29)23(24(30,31)32,25(33,34)35)14-7-16(26)20(38-2)17(27)8-14/h5-24,38H,1-4H3,(H,39,41);3-10H,1-2H3. The van der Waals surface area contributed by atoms with E-state index in [4.69, 9.17) is 18.9 Å². The minimum Gasteiger partial charge on any atom is -0.494 e. The Kier molecular flexibility index (Phi) is 19.7. The fraction of sp³-hybridized carbons (Fsp3) is 0.161. The SMILES string of the molecule is CNc1ccc(Oc2ccc(C(C)(C)c3ccc(Oc4ccc(NC(=O)c5ccc(C(C)=O)cc5)cc4)cc3)cc2)cc1.COc1c(Br)cc(C(c2cc(Br)c(OC(=O)c3ccc(C(C)=O)cc3)c(Br)c2)(C(F)(F)F)C(F)(F)F)cc1Br. The number of hydrogen-bond donors (Lipinski definition) is 2. The number of nitrogens with one attached hydrogen (secondary N) is 2. The molecule has 0 unspecified atom stereocenters. The molecule has 1 amide bonds. The van der Waals surface area contributed by atoms with Gasteiger partial charge >= 0.3 is 18.3 Å². The summed E-state index contributed by atoms with van der Waals surface area (Å²) < 4.78 is 109. The van der Waals surface area contributed by atoms with E-state index >= 15 is 0 Å². The number of ether oxygens (including phenoxy) is 4. The first kappa shape index (κ1) is 62.3. The molecular weight excluding hydrogens is 1330 g/mol. The number of esters is 1. The minimum atomic E-state index is -5.87. The van der Waals surface area contributed by atoms with Crippen LogP contribution in [0.4, 0.5) is 37.7 Å². The van der Waals surface area contributed by atoms with Crippen LogP contribution in [-0.2, 0) is 10.8 Å². The molecule has 82 heavy (non-hydrogen) atoms. The third-order valence-electron chi connectivity index (χ3n) is 13.1. The molecule has 0 radical (unpaired) electrons. The summed E-state index contributed by atoms with van der Waals surface area (Å²) in [5.74, 6) is 1.11. The summed E-state index contributed by atoms with van der Waals surface area (Å²) in [4.78, 5) is 48.1. The lowest BCUT2D eigenvalue weighted by molar-refractivity contribution is -0.288. The smallest absolute Gasteiger partial charge is 0.411 e. The molecule has 0 saturated heterocycles. The number of amides is 1. The van der Waals surface area contributed by atoms with Crippen LogP contribution in [0.3, 0.4) is 0 Å². The summed E-state index contributed by atoms with van der Waals surface area (Å²) in [5, 5.41) is 5.97. The van der Waals surface area contributed by atoms with E-state index in [0.29, 0.717) is 52.4 Å². The van der Waals surface area contributed by atoms with Crippen LogP contribution in [0.1, 0.15) is 91.4 Å². The normalized spacial score (nSPS) is 11.6.